The highest BCUT2D eigenvalue weighted by atomic mass is 16.7. The van der Waals surface area contributed by atoms with Crippen LogP contribution in [0.1, 0.15) is 12.5 Å². The Balaban J connectivity index is 2.21. The van der Waals surface area contributed by atoms with E-state index in [0.29, 0.717) is 6.54 Å². The fraction of sp³-hybridized carbons (Fsp3) is 0.500. The third-order valence-corrected chi connectivity index (χ3v) is 3.40. The van der Waals surface area contributed by atoms with Crippen molar-refractivity contribution in [3.63, 3.8) is 0 Å². The summed E-state index contributed by atoms with van der Waals surface area (Å²) in [5.41, 5.74) is 0.917. The van der Waals surface area contributed by atoms with Crippen LogP contribution in [0.5, 0.6) is 0 Å². The van der Waals surface area contributed by atoms with Crippen LogP contribution in [-0.4, -0.2) is 38.9 Å². The van der Waals surface area contributed by atoms with Gasteiger partial charge in [-0.2, -0.15) is 0 Å². The van der Waals surface area contributed by atoms with Crippen molar-refractivity contribution in [2.45, 2.75) is 24.9 Å². The molecule has 0 aliphatic carbocycles. The standard InChI is InChI=1S/C14H19NO4/c1-10-12(13(16)17-2)15-9-14(18-3,19-10)11-7-5-4-6-8-11/h4-8,10,12,15H,9H2,1-3H3/t10-,12+,14?/m1/s1. The van der Waals surface area contributed by atoms with Gasteiger partial charge in [0.25, 0.3) is 0 Å². The first-order valence-electron chi connectivity index (χ1n) is 6.22. The predicted molar refractivity (Wildman–Crippen MR) is 69.5 cm³/mol. The Morgan fingerprint density at radius 3 is 2.58 bits per heavy atom. The van der Waals surface area contributed by atoms with Gasteiger partial charge >= 0.3 is 5.97 Å². The number of hydrogen-bond donors (Lipinski definition) is 1. The topological polar surface area (TPSA) is 56.8 Å². The minimum atomic E-state index is -0.870. The van der Waals surface area contributed by atoms with Gasteiger partial charge in [-0.15, -0.1) is 0 Å². The number of rotatable bonds is 3. The van der Waals surface area contributed by atoms with Crippen LogP contribution < -0.4 is 5.32 Å². The van der Waals surface area contributed by atoms with Gasteiger partial charge < -0.3 is 14.2 Å². The van der Waals surface area contributed by atoms with Crippen LogP contribution in [0.25, 0.3) is 0 Å². The molecule has 1 aromatic rings. The summed E-state index contributed by atoms with van der Waals surface area (Å²) in [6.07, 6.45) is -0.346. The van der Waals surface area contributed by atoms with Gasteiger partial charge in [-0.3, -0.25) is 10.1 Å². The second kappa shape index (κ2) is 5.69. The molecular weight excluding hydrogens is 246 g/mol. The number of hydrogen-bond acceptors (Lipinski definition) is 5. The molecule has 0 spiro atoms. The highest BCUT2D eigenvalue weighted by Crippen LogP contribution is 2.31. The Kier molecular flexibility index (Phi) is 4.19. The summed E-state index contributed by atoms with van der Waals surface area (Å²) in [6.45, 7) is 2.21. The van der Waals surface area contributed by atoms with E-state index < -0.39 is 11.8 Å². The van der Waals surface area contributed by atoms with Crippen molar-refractivity contribution < 1.29 is 19.0 Å². The summed E-state index contributed by atoms with van der Waals surface area (Å²) in [6, 6.07) is 9.20. The molecule has 0 amide bonds. The maximum Gasteiger partial charge on any atom is 0.325 e. The molecular formula is C14H19NO4. The average Bonchev–Trinajstić information content (AvgIpc) is 2.47. The van der Waals surface area contributed by atoms with E-state index in [1.165, 1.54) is 7.11 Å². The van der Waals surface area contributed by atoms with Gasteiger partial charge in [0.2, 0.25) is 5.79 Å². The summed E-state index contributed by atoms with van der Waals surface area (Å²) in [4.78, 5) is 11.6. The Labute approximate surface area is 112 Å². The summed E-state index contributed by atoms with van der Waals surface area (Å²) >= 11 is 0. The number of morpholine rings is 1. The van der Waals surface area contributed by atoms with Crippen molar-refractivity contribution in [2.24, 2.45) is 0 Å². The zero-order valence-corrected chi connectivity index (χ0v) is 11.4. The molecule has 0 aromatic heterocycles. The van der Waals surface area contributed by atoms with E-state index in [-0.39, 0.29) is 12.1 Å². The highest BCUT2D eigenvalue weighted by Gasteiger charge is 2.44. The largest absolute Gasteiger partial charge is 0.468 e. The van der Waals surface area contributed by atoms with Gasteiger partial charge in [0.1, 0.15) is 6.04 Å². The second-order valence-corrected chi connectivity index (χ2v) is 4.53. The minimum Gasteiger partial charge on any atom is -0.468 e. The molecule has 0 saturated carbocycles. The Morgan fingerprint density at radius 1 is 1.37 bits per heavy atom. The fourth-order valence-corrected chi connectivity index (χ4v) is 2.32. The van der Waals surface area contributed by atoms with Crippen molar-refractivity contribution in [3.05, 3.63) is 35.9 Å². The number of nitrogens with one attached hydrogen (secondary N) is 1. The predicted octanol–water partition coefficient (Wildman–Crippen LogP) is 1.04. The van der Waals surface area contributed by atoms with Crippen molar-refractivity contribution in [1.82, 2.24) is 5.32 Å². The number of esters is 1. The van der Waals surface area contributed by atoms with E-state index >= 15 is 0 Å². The van der Waals surface area contributed by atoms with Crippen LogP contribution in [0.2, 0.25) is 0 Å². The minimum absolute atomic E-state index is 0.328. The first kappa shape index (κ1) is 14.0. The zero-order chi connectivity index (χ0) is 13.9. The average molecular weight is 265 g/mol. The Bertz CT molecular complexity index is 436. The van der Waals surface area contributed by atoms with Crippen LogP contribution >= 0.6 is 0 Å². The summed E-state index contributed by atoms with van der Waals surface area (Å²) in [5.74, 6) is -1.20. The first-order chi connectivity index (χ1) is 9.13. The molecule has 1 unspecified atom stereocenters. The number of benzene rings is 1. The van der Waals surface area contributed by atoms with Crippen molar-refractivity contribution in [1.29, 1.82) is 0 Å². The van der Waals surface area contributed by atoms with Gasteiger partial charge in [0.15, 0.2) is 0 Å². The van der Waals surface area contributed by atoms with Gasteiger partial charge in [-0.1, -0.05) is 30.3 Å². The van der Waals surface area contributed by atoms with Crippen LogP contribution in [0.15, 0.2) is 30.3 Å². The zero-order valence-electron chi connectivity index (χ0n) is 11.4. The lowest BCUT2D eigenvalue weighted by atomic mass is 10.0. The molecule has 0 bridgehead atoms. The van der Waals surface area contributed by atoms with E-state index in [4.69, 9.17) is 14.2 Å². The lowest BCUT2D eigenvalue weighted by Gasteiger charge is -2.42. The smallest absolute Gasteiger partial charge is 0.325 e. The van der Waals surface area contributed by atoms with E-state index in [0.717, 1.165) is 5.56 Å². The summed E-state index contributed by atoms with van der Waals surface area (Å²) in [7, 11) is 2.96. The van der Waals surface area contributed by atoms with E-state index in [1.807, 2.05) is 37.3 Å². The lowest BCUT2D eigenvalue weighted by molar-refractivity contribution is -0.273. The molecule has 3 atom stereocenters. The molecule has 1 aromatic carbocycles. The number of ether oxygens (including phenoxy) is 3. The van der Waals surface area contributed by atoms with Gasteiger partial charge in [-0.05, 0) is 6.92 Å². The first-order valence-corrected chi connectivity index (χ1v) is 6.22. The molecule has 19 heavy (non-hydrogen) atoms. The number of carbonyl (C=O) groups is 1. The van der Waals surface area contributed by atoms with Crippen molar-refractivity contribution in [2.75, 3.05) is 20.8 Å². The number of methoxy groups -OCH3 is 2. The molecule has 0 radical (unpaired) electrons. The molecule has 1 heterocycles. The Morgan fingerprint density at radius 2 is 2.05 bits per heavy atom. The van der Waals surface area contributed by atoms with Gasteiger partial charge in [0.05, 0.1) is 19.8 Å². The van der Waals surface area contributed by atoms with Crippen LogP contribution in [0, 0.1) is 0 Å². The molecule has 1 fully saturated rings. The molecule has 1 saturated heterocycles. The summed E-state index contributed by atoms with van der Waals surface area (Å²) in [5, 5.41) is 3.14. The third-order valence-electron chi connectivity index (χ3n) is 3.40. The maximum absolute atomic E-state index is 11.6. The number of carbonyl (C=O) groups excluding carboxylic acids is 1. The SMILES string of the molecule is COC(=O)[C@H]1NCC(OC)(c2ccccc2)O[C@@H]1C. The van der Waals surface area contributed by atoms with Crippen LogP contribution in [0.3, 0.4) is 0 Å². The monoisotopic (exact) mass is 265 g/mol. The molecule has 2 rings (SSSR count). The second-order valence-electron chi connectivity index (χ2n) is 4.53. The molecule has 1 N–H and O–H groups in total. The molecule has 5 nitrogen and oxygen atoms in total. The molecule has 5 heteroatoms. The normalized spacial score (nSPS) is 30.9. The van der Waals surface area contributed by atoms with Gasteiger partial charge in [0, 0.05) is 12.7 Å². The van der Waals surface area contributed by atoms with Gasteiger partial charge in [-0.25, -0.2) is 0 Å². The maximum atomic E-state index is 11.6. The molecule has 1 aliphatic rings. The lowest BCUT2D eigenvalue weighted by Crippen LogP contribution is -2.60. The third kappa shape index (κ3) is 2.63. The molecule has 1 aliphatic heterocycles. The van der Waals surface area contributed by atoms with Crippen molar-refractivity contribution >= 4 is 5.97 Å². The van der Waals surface area contributed by atoms with E-state index in [2.05, 4.69) is 5.32 Å². The van der Waals surface area contributed by atoms with Crippen LogP contribution in [-0.2, 0) is 24.8 Å². The highest BCUT2D eigenvalue weighted by molar-refractivity contribution is 5.76. The molecule has 104 valence electrons. The quantitative estimate of drug-likeness (QED) is 0.827. The van der Waals surface area contributed by atoms with E-state index in [1.54, 1.807) is 7.11 Å². The summed E-state index contributed by atoms with van der Waals surface area (Å²) < 4.78 is 16.3. The Hall–Kier alpha value is -1.43. The van der Waals surface area contributed by atoms with Crippen LogP contribution in [0.4, 0.5) is 0 Å². The van der Waals surface area contributed by atoms with E-state index in [9.17, 15) is 4.79 Å². The fourth-order valence-electron chi connectivity index (χ4n) is 2.32. The van der Waals surface area contributed by atoms with Crippen molar-refractivity contribution in [3.8, 4) is 0 Å².